The van der Waals surface area contributed by atoms with Gasteiger partial charge in [-0.15, -0.1) is 0 Å². The Balaban J connectivity index is 2.20. The fourth-order valence-corrected chi connectivity index (χ4v) is 2.05. The standard InChI is InChI=1S/C13H17NO4/c1-16-11-5-3-4-10(8-11)14-13(12(15)17-2)6-7-18-9-13/h3-5,8,14H,6-7,9H2,1-2H3. The van der Waals surface area contributed by atoms with Crippen molar-refractivity contribution >= 4 is 11.7 Å². The van der Waals surface area contributed by atoms with Crippen LogP contribution >= 0.6 is 0 Å². The van der Waals surface area contributed by atoms with Crippen LogP contribution in [0.3, 0.4) is 0 Å². The largest absolute Gasteiger partial charge is 0.497 e. The number of carbonyl (C=O) groups excluding carboxylic acids is 1. The zero-order valence-electron chi connectivity index (χ0n) is 10.6. The average molecular weight is 251 g/mol. The van der Waals surface area contributed by atoms with Gasteiger partial charge < -0.3 is 19.5 Å². The van der Waals surface area contributed by atoms with Crippen LogP contribution in [0.5, 0.6) is 5.75 Å². The SMILES string of the molecule is COC(=O)C1(Nc2cccc(OC)c2)CCOC1. The third-order valence-electron chi connectivity index (χ3n) is 3.05. The number of rotatable bonds is 4. The van der Waals surface area contributed by atoms with Crippen molar-refractivity contribution in [3.8, 4) is 5.75 Å². The van der Waals surface area contributed by atoms with Crippen molar-refractivity contribution in [2.75, 3.05) is 32.8 Å². The van der Waals surface area contributed by atoms with E-state index in [2.05, 4.69) is 5.32 Å². The molecule has 1 atom stereocenters. The zero-order chi connectivity index (χ0) is 13.0. The van der Waals surface area contributed by atoms with Crippen LogP contribution in [0.15, 0.2) is 24.3 Å². The highest BCUT2D eigenvalue weighted by Crippen LogP contribution is 2.27. The Labute approximate surface area is 106 Å². The second-order valence-corrected chi connectivity index (χ2v) is 4.23. The number of methoxy groups -OCH3 is 2. The topological polar surface area (TPSA) is 56.8 Å². The van der Waals surface area contributed by atoms with Crippen LogP contribution in [0.25, 0.3) is 0 Å². The lowest BCUT2D eigenvalue weighted by Gasteiger charge is -2.26. The number of ether oxygens (including phenoxy) is 3. The monoisotopic (exact) mass is 251 g/mol. The Morgan fingerprint density at radius 2 is 2.28 bits per heavy atom. The maximum absolute atomic E-state index is 11.9. The van der Waals surface area contributed by atoms with E-state index in [4.69, 9.17) is 14.2 Å². The van der Waals surface area contributed by atoms with Crippen molar-refractivity contribution in [3.63, 3.8) is 0 Å². The van der Waals surface area contributed by atoms with Gasteiger partial charge in [-0.25, -0.2) is 4.79 Å². The summed E-state index contributed by atoms with van der Waals surface area (Å²) in [6.07, 6.45) is 0.594. The van der Waals surface area contributed by atoms with Gasteiger partial charge in [0.1, 0.15) is 5.75 Å². The predicted molar refractivity (Wildman–Crippen MR) is 66.8 cm³/mol. The molecule has 0 bridgehead atoms. The molecular weight excluding hydrogens is 234 g/mol. The molecule has 1 aromatic carbocycles. The molecule has 1 unspecified atom stereocenters. The van der Waals surface area contributed by atoms with Crippen LogP contribution in [0.1, 0.15) is 6.42 Å². The van der Waals surface area contributed by atoms with E-state index in [1.807, 2.05) is 24.3 Å². The van der Waals surface area contributed by atoms with Gasteiger partial charge in [-0.2, -0.15) is 0 Å². The van der Waals surface area contributed by atoms with E-state index in [1.54, 1.807) is 7.11 Å². The Kier molecular flexibility index (Phi) is 3.72. The summed E-state index contributed by atoms with van der Waals surface area (Å²) in [5.41, 5.74) is 0.0199. The third kappa shape index (κ3) is 2.41. The van der Waals surface area contributed by atoms with Crippen molar-refractivity contribution in [3.05, 3.63) is 24.3 Å². The van der Waals surface area contributed by atoms with Crippen molar-refractivity contribution in [2.45, 2.75) is 12.0 Å². The van der Waals surface area contributed by atoms with Crippen molar-refractivity contribution in [2.24, 2.45) is 0 Å². The smallest absolute Gasteiger partial charge is 0.334 e. The molecule has 1 fully saturated rings. The number of carbonyl (C=O) groups is 1. The highest BCUT2D eigenvalue weighted by molar-refractivity contribution is 5.85. The van der Waals surface area contributed by atoms with Crippen LogP contribution in [0.2, 0.25) is 0 Å². The molecule has 5 heteroatoms. The average Bonchev–Trinajstić information content (AvgIpc) is 2.87. The number of esters is 1. The minimum Gasteiger partial charge on any atom is -0.497 e. The summed E-state index contributed by atoms with van der Waals surface area (Å²) in [6.45, 7) is 0.864. The number of nitrogens with one attached hydrogen (secondary N) is 1. The van der Waals surface area contributed by atoms with E-state index < -0.39 is 5.54 Å². The second-order valence-electron chi connectivity index (χ2n) is 4.23. The van der Waals surface area contributed by atoms with Gasteiger partial charge in [-0.3, -0.25) is 0 Å². The van der Waals surface area contributed by atoms with Gasteiger partial charge in [0, 0.05) is 24.8 Å². The number of anilines is 1. The minimum absolute atomic E-state index is 0.303. The quantitative estimate of drug-likeness (QED) is 0.821. The molecule has 0 aromatic heterocycles. The Morgan fingerprint density at radius 1 is 1.44 bits per heavy atom. The molecule has 5 nitrogen and oxygen atoms in total. The fraction of sp³-hybridized carbons (Fsp3) is 0.462. The maximum Gasteiger partial charge on any atom is 0.334 e. The summed E-state index contributed by atoms with van der Waals surface area (Å²) in [7, 11) is 2.99. The summed E-state index contributed by atoms with van der Waals surface area (Å²) in [4.78, 5) is 11.9. The zero-order valence-corrected chi connectivity index (χ0v) is 10.6. The Morgan fingerprint density at radius 3 is 2.89 bits per heavy atom. The molecule has 0 radical (unpaired) electrons. The summed E-state index contributed by atoms with van der Waals surface area (Å²) < 4.78 is 15.3. The number of benzene rings is 1. The van der Waals surface area contributed by atoms with Gasteiger partial charge in [0.25, 0.3) is 0 Å². The third-order valence-corrected chi connectivity index (χ3v) is 3.05. The van der Waals surface area contributed by atoms with Crippen LogP contribution in [0, 0.1) is 0 Å². The molecule has 98 valence electrons. The molecule has 1 saturated heterocycles. The lowest BCUT2D eigenvalue weighted by Crippen LogP contribution is -2.47. The Bertz CT molecular complexity index is 427. The number of hydrogen-bond donors (Lipinski definition) is 1. The maximum atomic E-state index is 11.9. The molecule has 0 saturated carbocycles. The van der Waals surface area contributed by atoms with Crippen molar-refractivity contribution in [1.29, 1.82) is 0 Å². The van der Waals surface area contributed by atoms with Gasteiger partial charge in [0.2, 0.25) is 0 Å². The van der Waals surface area contributed by atoms with E-state index in [0.717, 1.165) is 11.4 Å². The summed E-state index contributed by atoms with van der Waals surface area (Å²) in [6, 6.07) is 7.43. The molecule has 0 spiro atoms. The number of hydrogen-bond acceptors (Lipinski definition) is 5. The summed E-state index contributed by atoms with van der Waals surface area (Å²) in [5, 5.41) is 3.20. The van der Waals surface area contributed by atoms with Crippen molar-refractivity contribution < 1.29 is 19.0 Å². The highest BCUT2D eigenvalue weighted by Gasteiger charge is 2.43. The van der Waals surface area contributed by atoms with E-state index in [-0.39, 0.29) is 5.97 Å². The summed E-state index contributed by atoms with van der Waals surface area (Å²) >= 11 is 0. The first-order valence-electron chi connectivity index (χ1n) is 5.78. The van der Waals surface area contributed by atoms with E-state index in [1.165, 1.54) is 7.11 Å². The van der Waals surface area contributed by atoms with Crippen LogP contribution < -0.4 is 10.1 Å². The molecule has 2 rings (SSSR count). The lowest BCUT2D eigenvalue weighted by atomic mass is 9.98. The second kappa shape index (κ2) is 5.27. The van der Waals surface area contributed by atoms with Gasteiger partial charge in [-0.1, -0.05) is 6.07 Å². The molecule has 0 aliphatic carbocycles. The first-order chi connectivity index (χ1) is 8.70. The van der Waals surface area contributed by atoms with Gasteiger partial charge >= 0.3 is 5.97 Å². The molecule has 1 aliphatic rings. The minimum atomic E-state index is -0.791. The van der Waals surface area contributed by atoms with E-state index in [9.17, 15) is 4.79 Å². The van der Waals surface area contributed by atoms with Crippen LogP contribution in [-0.2, 0) is 14.3 Å². The Hall–Kier alpha value is -1.75. The van der Waals surface area contributed by atoms with Gasteiger partial charge in [-0.05, 0) is 12.1 Å². The fourth-order valence-electron chi connectivity index (χ4n) is 2.05. The first-order valence-corrected chi connectivity index (χ1v) is 5.78. The highest BCUT2D eigenvalue weighted by atomic mass is 16.5. The predicted octanol–water partition coefficient (Wildman–Crippen LogP) is 1.44. The van der Waals surface area contributed by atoms with Crippen LogP contribution in [-0.4, -0.2) is 38.9 Å². The molecule has 0 amide bonds. The van der Waals surface area contributed by atoms with Gasteiger partial charge in [0.05, 0.1) is 20.8 Å². The first kappa shape index (κ1) is 12.7. The molecule has 1 N–H and O–H groups in total. The van der Waals surface area contributed by atoms with Crippen LogP contribution in [0.4, 0.5) is 5.69 Å². The normalized spacial score (nSPS) is 22.6. The lowest BCUT2D eigenvalue weighted by molar-refractivity contribution is -0.146. The molecule has 1 heterocycles. The summed E-state index contributed by atoms with van der Waals surface area (Å²) in [5.74, 6) is 0.432. The molecule has 1 aromatic rings. The van der Waals surface area contributed by atoms with Gasteiger partial charge in [0.15, 0.2) is 5.54 Å². The van der Waals surface area contributed by atoms with E-state index in [0.29, 0.717) is 19.6 Å². The molecular formula is C13H17NO4. The van der Waals surface area contributed by atoms with E-state index >= 15 is 0 Å². The molecule has 18 heavy (non-hydrogen) atoms. The van der Waals surface area contributed by atoms with Crippen molar-refractivity contribution in [1.82, 2.24) is 0 Å². The molecule has 1 aliphatic heterocycles.